The monoisotopic (exact) mass is 438 g/mol. The van der Waals surface area contributed by atoms with E-state index in [2.05, 4.69) is 10.0 Å². The number of halogens is 5. The smallest absolute Gasteiger partial charge is 0.352 e. The number of carbonyl (C=O) groups is 1. The van der Waals surface area contributed by atoms with Crippen molar-refractivity contribution in [2.75, 3.05) is 6.54 Å². The summed E-state index contributed by atoms with van der Waals surface area (Å²) in [5.41, 5.74) is -1.49. The van der Waals surface area contributed by atoms with Crippen LogP contribution in [0.3, 0.4) is 0 Å². The predicted molar refractivity (Wildman–Crippen MR) is 94.5 cm³/mol. The Labute approximate surface area is 163 Å². The van der Waals surface area contributed by atoms with E-state index in [0.29, 0.717) is 6.07 Å². The van der Waals surface area contributed by atoms with Gasteiger partial charge in [0.1, 0.15) is 10.7 Å². The number of benzene rings is 2. The predicted octanol–water partition coefficient (Wildman–Crippen LogP) is 3.48. The van der Waals surface area contributed by atoms with Crippen LogP contribution in [0.1, 0.15) is 17.5 Å². The van der Waals surface area contributed by atoms with Gasteiger partial charge in [-0.05, 0) is 29.8 Å². The Kier molecular flexibility index (Phi) is 7.02. The van der Waals surface area contributed by atoms with Gasteiger partial charge in [-0.1, -0.05) is 29.8 Å². The van der Waals surface area contributed by atoms with Crippen LogP contribution in [0.4, 0.5) is 17.6 Å². The zero-order valence-electron chi connectivity index (χ0n) is 14.2. The summed E-state index contributed by atoms with van der Waals surface area (Å²) in [5.74, 6) is -1.73. The van der Waals surface area contributed by atoms with Crippen LogP contribution in [0.25, 0.3) is 0 Å². The normalized spacial score (nSPS) is 12.0. The van der Waals surface area contributed by atoms with E-state index >= 15 is 0 Å². The fraction of sp³-hybridized carbons (Fsp3) is 0.235. The van der Waals surface area contributed by atoms with E-state index in [1.165, 1.54) is 18.2 Å². The number of carbonyl (C=O) groups excluding carboxylic acids is 1. The molecule has 0 fully saturated rings. The quantitative estimate of drug-likeness (QED) is 0.650. The molecule has 28 heavy (non-hydrogen) atoms. The summed E-state index contributed by atoms with van der Waals surface area (Å²) in [5, 5.41) is 2.26. The van der Waals surface area contributed by atoms with Gasteiger partial charge in [0.2, 0.25) is 15.9 Å². The van der Waals surface area contributed by atoms with Crippen LogP contribution in [0.15, 0.2) is 47.4 Å². The minimum absolute atomic E-state index is 0.00967. The zero-order chi connectivity index (χ0) is 20.9. The Balaban J connectivity index is 1.92. The molecule has 2 rings (SSSR count). The Morgan fingerprint density at radius 3 is 2.43 bits per heavy atom. The molecule has 0 heterocycles. The van der Waals surface area contributed by atoms with Crippen LogP contribution in [0.5, 0.6) is 0 Å². The van der Waals surface area contributed by atoms with Gasteiger partial charge in [0.25, 0.3) is 0 Å². The van der Waals surface area contributed by atoms with E-state index in [1.807, 2.05) is 0 Å². The third-order valence-electron chi connectivity index (χ3n) is 3.62. The van der Waals surface area contributed by atoms with Crippen molar-refractivity contribution in [3.8, 4) is 0 Å². The Bertz CT molecular complexity index is 965. The molecule has 0 bridgehead atoms. The van der Waals surface area contributed by atoms with Crippen LogP contribution in [0, 0.1) is 5.82 Å². The Hall–Kier alpha value is -2.17. The Morgan fingerprint density at radius 2 is 1.79 bits per heavy atom. The standard InChI is InChI=1S/C17H15ClF4N2O3S/c18-14-3-1-2-4-15(14)28(26,27)24-8-7-16(25)23-10-11-5-6-12(19)9-13(11)17(20,21)22/h1-6,9,24H,7-8,10H2,(H,23,25). The van der Waals surface area contributed by atoms with Crippen molar-refractivity contribution in [3.63, 3.8) is 0 Å². The molecule has 0 aliphatic heterocycles. The van der Waals surface area contributed by atoms with E-state index in [1.54, 1.807) is 6.07 Å². The molecule has 0 atom stereocenters. The van der Waals surface area contributed by atoms with Crippen LogP contribution in [-0.2, 0) is 27.5 Å². The van der Waals surface area contributed by atoms with Gasteiger partial charge in [0.15, 0.2) is 0 Å². The number of hydrogen-bond acceptors (Lipinski definition) is 3. The van der Waals surface area contributed by atoms with Crippen LogP contribution >= 0.6 is 11.6 Å². The maximum absolute atomic E-state index is 13.1. The summed E-state index contributed by atoms with van der Waals surface area (Å²) in [6.45, 7) is -0.764. The summed E-state index contributed by atoms with van der Waals surface area (Å²) in [6, 6.07) is 7.85. The van der Waals surface area contributed by atoms with E-state index in [9.17, 15) is 30.8 Å². The third-order valence-corrected chi connectivity index (χ3v) is 5.58. The molecule has 2 N–H and O–H groups in total. The van der Waals surface area contributed by atoms with Crippen molar-refractivity contribution in [1.29, 1.82) is 0 Å². The van der Waals surface area contributed by atoms with Gasteiger partial charge in [-0.2, -0.15) is 13.2 Å². The van der Waals surface area contributed by atoms with Gasteiger partial charge in [-0.3, -0.25) is 4.79 Å². The molecule has 0 aromatic heterocycles. The lowest BCUT2D eigenvalue weighted by atomic mass is 10.1. The summed E-state index contributed by atoms with van der Waals surface area (Å²) < 4.78 is 78.2. The van der Waals surface area contributed by atoms with Crippen molar-refractivity contribution in [3.05, 3.63) is 64.4 Å². The van der Waals surface area contributed by atoms with Gasteiger partial charge in [-0.25, -0.2) is 17.5 Å². The summed E-state index contributed by atoms with van der Waals surface area (Å²) in [6.07, 6.45) is -5.08. The maximum Gasteiger partial charge on any atom is 0.416 e. The number of amides is 1. The molecule has 0 saturated carbocycles. The highest BCUT2D eigenvalue weighted by atomic mass is 35.5. The van der Waals surface area contributed by atoms with Crippen molar-refractivity contribution >= 4 is 27.5 Å². The first-order valence-corrected chi connectivity index (χ1v) is 9.73. The number of nitrogens with one attached hydrogen (secondary N) is 2. The van der Waals surface area contributed by atoms with Crippen molar-refractivity contribution in [2.45, 2.75) is 24.0 Å². The second kappa shape index (κ2) is 8.89. The highest BCUT2D eigenvalue weighted by Gasteiger charge is 2.33. The molecule has 11 heteroatoms. The fourth-order valence-corrected chi connectivity index (χ4v) is 3.84. The highest BCUT2D eigenvalue weighted by molar-refractivity contribution is 7.89. The third kappa shape index (κ3) is 5.91. The topological polar surface area (TPSA) is 75.3 Å². The lowest BCUT2D eigenvalue weighted by Crippen LogP contribution is -2.31. The van der Waals surface area contributed by atoms with Crippen molar-refractivity contribution < 1.29 is 30.8 Å². The number of sulfonamides is 1. The number of rotatable bonds is 7. The molecule has 0 spiro atoms. The second-order valence-electron chi connectivity index (χ2n) is 5.65. The van der Waals surface area contributed by atoms with Gasteiger partial charge in [-0.15, -0.1) is 0 Å². The molecular formula is C17H15ClF4N2O3S. The SMILES string of the molecule is O=C(CCNS(=O)(=O)c1ccccc1Cl)NCc1ccc(F)cc1C(F)(F)F. The molecule has 152 valence electrons. The molecule has 0 radical (unpaired) electrons. The second-order valence-corrected chi connectivity index (χ2v) is 7.80. The lowest BCUT2D eigenvalue weighted by Gasteiger charge is -2.14. The first-order chi connectivity index (χ1) is 13.0. The van der Waals surface area contributed by atoms with Gasteiger partial charge < -0.3 is 5.32 Å². The molecule has 0 unspecified atom stereocenters. The van der Waals surface area contributed by atoms with Gasteiger partial charge in [0.05, 0.1) is 10.6 Å². The first kappa shape index (κ1) is 22.1. The van der Waals surface area contributed by atoms with Crippen LogP contribution in [0.2, 0.25) is 5.02 Å². The summed E-state index contributed by atoms with van der Waals surface area (Å²) >= 11 is 5.81. The highest BCUT2D eigenvalue weighted by Crippen LogP contribution is 2.32. The number of alkyl halides is 3. The maximum atomic E-state index is 13.1. The largest absolute Gasteiger partial charge is 0.416 e. The molecule has 2 aromatic carbocycles. The average Bonchev–Trinajstić information content (AvgIpc) is 2.60. The number of hydrogen-bond donors (Lipinski definition) is 2. The Morgan fingerprint density at radius 1 is 1.11 bits per heavy atom. The molecule has 2 aromatic rings. The molecule has 5 nitrogen and oxygen atoms in total. The van der Waals surface area contributed by atoms with Crippen molar-refractivity contribution in [1.82, 2.24) is 10.0 Å². The molecule has 0 aliphatic rings. The zero-order valence-corrected chi connectivity index (χ0v) is 15.8. The van der Waals surface area contributed by atoms with Crippen LogP contribution in [-0.4, -0.2) is 20.9 Å². The molecule has 1 amide bonds. The van der Waals surface area contributed by atoms with E-state index < -0.39 is 40.0 Å². The average molecular weight is 439 g/mol. The lowest BCUT2D eigenvalue weighted by molar-refractivity contribution is -0.138. The molecule has 0 aliphatic carbocycles. The van der Waals surface area contributed by atoms with E-state index in [-0.39, 0.29) is 28.4 Å². The van der Waals surface area contributed by atoms with Gasteiger partial charge in [0, 0.05) is 19.5 Å². The van der Waals surface area contributed by atoms with Crippen molar-refractivity contribution in [2.24, 2.45) is 0 Å². The minimum Gasteiger partial charge on any atom is -0.352 e. The minimum atomic E-state index is -4.77. The molecule has 0 saturated heterocycles. The molecular weight excluding hydrogens is 424 g/mol. The summed E-state index contributed by atoms with van der Waals surface area (Å²) in [4.78, 5) is 11.7. The van der Waals surface area contributed by atoms with E-state index in [4.69, 9.17) is 11.6 Å². The van der Waals surface area contributed by atoms with Crippen LogP contribution < -0.4 is 10.0 Å². The first-order valence-electron chi connectivity index (χ1n) is 7.87. The van der Waals surface area contributed by atoms with E-state index in [0.717, 1.165) is 12.1 Å². The van der Waals surface area contributed by atoms with Gasteiger partial charge >= 0.3 is 6.18 Å². The fourth-order valence-electron chi connectivity index (χ4n) is 2.29. The summed E-state index contributed by atoms with van der Waals surface area (Å²) in [7, 11) is -3.94.